The minimum atomic E-state index is 0.979. The van der Waals surface area contributed by atoms with Gasteiger partial charge >= 0.3 is 0 Å². The zero-order chi connectivity index (χ0) is 11.8. The van der Waals surface area contributed by atoms with Crippen molar-refractivity contribution in [1.29, 1.82) is 0 Å². The van der Waals surface area contributed by atoms with Crippen molar-refractivity contribution in [1.82, 2.24) is 0 Å². The van der Waals surface area contributed by atoms with Gasteiger partial charge in [-0.25, -0.2) is 0 Å². The standard InChI is InChI=1S/C14H23NO/c1-4-6-12-15(11-5-2)13-9-7-8-10-14(13)16-3/h7-10H,4-6,11-12H2,1-3H3. The number of nitrogens with zero attached hydrogens (tertiary/aromatic N) is 1. The fourth-order valence-corrected chi connectivity index (χ4v) is 1.86. The van der Waals surface area contributed by atoms with Gasteiger partial charge in [-0.15, -0.1) is 0 Å². The molecule has 0 saturated carbocycles. The predicted octanol–water partition coefficient (Wildman–Crippen LogP) is 3.71. The summed E-state index contributed by atoms with van der Waals surface area (Å²) in [5.41, 5.74) is 1.22. The summed E-state index contributed by atoms with van der Waals surface area (Å²) in [6, 6.07) is 8.27. The Morgan fingerprint density at radius 1 is 1.06 bits per heavy atom. The van der Waals surface area contributed by atoms with E-state index >= 15 is 0 Å². The molecule has 0 saturated heterocycles. The van der Waals surface area contributed by atoms with E-state index in [0.717, 1.165) is 18.8 Å². The third kappa shape index (κ3) is 3.44. The number of methoxy groups -OCH3 is 1. The van der Waals surface area contributed by atoms with E-state index in [1.54, 1.807) is 7.11 Å². The van der Waals surface area contributed by atoms with Crippen LogP contribution >= 0.6 is 0 Å². The molecule has 0 N–H and O–H groups in total. The molecule has 0 aliphatic rings. The molecule has 0 spiro atoms. The van der Waals surface area contributed by atoms with E-state index in [1.807, 2.05) is 12.1 Å². The Balaban J connectivity index is 2.81. The van der Waals surface area contributed by atoms with Crippen LogP contribution in [-0.2, 0) is 0 Å². The summed E-state index contributed by atoms with van der Waals surface area (Å²) in [7, 11) is 1.74. The molecule has 0 heterocycles. The second kappa shape index (κ2) is 7.15. The van der Waals surface area contributed by atoms with Gasteiger partial charge in [0.2, 0.25) is 0 Å². The van der Waals surface area contributed by atoms with Crippen molar-refractivity contribution in [3.63, 3.8) is 0 Å². The molecule has 0 fully saturated rings. The molecular weight excluding hydrogens is 198 g/mol. The van der Waals surface area contributed by atoms with E-state index in [-0.39, 0.29) is 0 Å². The number of hydrogen-bond acceptors (Lipinski definition) is 2. The highest BCUT2D eigenvalue weighted by Gasteiger charge is 2.09. The summed E-state index contributed by atoms with van der Waals surface area (Å²) < 4.78 is 5.41. The third-order valence-electron chi connectivity index (χ3n) is 2.70. The molecule has 1 aromatic carbocycles. The van der Waals surface area contributed by atoms with Crippen molar-refractivity contribution >= 4 is 5.69 Å². The molecule has 0 bridgehead atoms. The molecule has 1 rings (SSSR count). The first-order chi connectivity index (χ1) is 7.83. The zero-order valence-electron chi connectivity index (χ0n) is 10.7. The molecular formula is C14H23NO. The van der Waals surface area contributed by atoms with Crippen LogP contribution in [0.2, 0.25) is 0 Å². The lowest BCUT2D eigenvalue weighted by Gasteiger charge is -2.25. The SMILES string of the molecule is CCCCN(CCC)c1ccccc1OC. The van der Waals surface area contributed by atoms with Gasteiger partial charge in [0.15, 0.2) is 0 Å². The highest BCUT2D eigenvalue weighted by atomic mass is 16.5. The molecule has 2 nitrogen and oxygen atoms in total. The van der Waals surface area contributed by atoms with Crippen molar-refractivity contribution in [2.75, 3.05) is 25.1 Å². The summed E-state index contributed by atoms with van der Waals surface area (Å²) >= 11 is 0. The summed E-state index contributed by atoms with van der Waals surface area (Å²) in [6.45, 7) is 6.66. The number of ether oxygens (including phenoxy) is 1. The minimum Gasteiger partial charge on any atom is -0.495 e. The van der Waals surface area contributed by atoms with Crippen molar-refractivity contribution in [3.05, 3.63) is 24.3 Å². The first kappa shape index (κ1) is 12.9. The Labute approximate surface area is 99.2 Å². The number of para-hydroxylation sites is 2. The van der Waals surface area contributed by atoms with Gasteiger partial charge in [0, 0.05) is 13.1 Å². The van der Waals surface area contributed by atoms with Crippen LogP contribution in [-0.4, -0.2) is 20.2 Å². The van der Waals surface area contributed by atoms with E-state index in [4.69, 9.17) is 4.74 Å². The lowest BCUT2D eigenvalue weighted by molar-refractivity contribution is 0.414. The Morgan fingerprint density at radius 3 is 2.44 bits per heavy atom. The minimum absolute atomic E-state index is 0.979. The van der Waals surface area contributed by atoms with E-state index in [9.17, 15) is 0 Å². The van der Waals surface area contributed by atoms with E-state index < -0.39 is 0 Å². The Morgan fingerprint density at radius 2 is 1.81 bits per heavy atom. The fourth-order valence-electron chi connectivity index (χ4n) is 1.86. The molecule has 0 aliphatic heterocycles. The van der Waals surface area contributed by atoms with E-state index in [1.165, 1.54) is 24.9 Å². The van der Waals surface area contributed by atoms with Crippen LogP contribution in [0.1, 0.15) is 33.1 Å². The van der Waals surface area contributed by atoms with Crippen molar-refractivity contribution in [3.8, 4) is 5.75 Å². The Hall–Kier alpha value is -1.18. The number of hydrogen-bond donors (Lipinski definition) is 0. The molecule has 2 heteroatoms. The molecule has 16 heavy (non-hydrogen) atoms. The largest absolute Gasteiger partial charge is 0.495 e. The van der Waals surface area contributed by atoms with Crippen LogP contribution in [0.3, 0.4) is 0 Å². The maximum Gasteiger partial charge on any atom is 0.142 e. The summed E-state index contributed by atoms with van der Waals surface area (Å²) in [6.07, 6.45) is 3.63. The van der Waals surface area contributed by atoms with Crippen molar-refractivity contribution in [2.24, 2.45) is 0 Å². The molecule has 0 unspecified atom stereocenters. The monoisotopic (exact) mass is 221 g/mol. The van der Waals surface area contributed by atoms with Gasteiger partial charge < -0.3 is 9.64 Å². The molecule has 0 aliphatic carbocycles. The molecule has 0 aromatic heterocycles. The number of anilines is 1. The smallest absolute Gasteiger partial charge is 0.142 e. The maximum atomic E-state index is 5.41. The first-order valence-corrected chi connectivity index (χ1v) is 6.21. The topological polar surface area (TPSA) is 12.5 Å². The second-order valence-corrected chi connectivity index (χ2v) is 4.01. The number of rotatable bonds is 7. The van der Waals surface area contributed by atoms with Gasteiger partial charge in [0.05, 0.1) is 12.8 Å². The van der Waals surface area contributed by atoms with Crippen LogP contribution in [0.25, 0.3) is 0 Å². The number of benzene rings is 1. The van der Waals surface area contributed by atoms with E-state index in [2.05, 4.69) is 30.9 Å². The zero-order valence-corrected chi connectivity index (χ0v) is 10.7. The predicted molar refractivity (Wildman–Crippen MR) is 70.4 cm³/mol. The van der Waals surface area contributed by atoms with Crippen LogP contribution < -0.4 is 9.64 Å². The van der Waals surface area contributed by atoms with E-state index in [0.29, 0.717) is 0 Å². The van der Waals surface area contributed by atoms with Crippen molar-refractivity contribution < 1.29 is 4.74 Å². The molecule has 0 radical (unpaired) electrons. The summed E-state index contributed by atoms with van der Waals surface area (Å²) in [5.74, 6) is 0.979. The summed E-state index contributed by atoms with van der Waals surface area (Å²) in [5, 5.41) is 0. The third-order valence-corrected chi connectivity index (χ3v) is 2.70. The van der Waals surface area contributed by atoms with Crippen molar-refractivity contribution in [2.45, 2.75) is 33.1 Å². The molecule has 0 atom stereocenters. The quantitative estimate of drug-likeness (QED) is 0.696. The fraction of sp³-hybridized carbons (Fsp3) is 0.571. The number of unbranched alkanes of at least 4 members (excludes halogenated alkanes) is 1. The average Bonchev–Trinajstić information content (AvgIpc) is 2.34. The van der Waals surface area contributed by atoms with Gasteiger partial charge in [0.1, 0.15) is 5.75 Å². The first-order valence-electron chi connectivity index (χ1n) is 6.21. The van der Waals surface area contributed by atoms with Gasteiger partial charge in [-0.1, -0.05) is 32.4 Å². The Kier molecular flexibility index (Phi) is 5.76. The molecule has 1 aromatic rings. The normalized spacial score (nSPS) is 10.2. The van der Waals surface area contributed by atoms with Gasteiger partial charge in [-0.05, 0) is 25.0 Å². The second-order valence-electron chi connectivity index (χ2n) is 4.01. The lowest BCUT2D eigenvalue weighted by Crippen LogP contribution is -2.25. The molecule has 0 amide bonds. The highest BCUT2D eigenvalue weighted by Crippen LogP contribution is 2.27. The van der Waals surface area contributed by atoms with Gasteiger partial charge in [-0.2, -0.15) is 0 Å². The van der Waals surface area contributed by atoms with Crippen LogP contribution in [0.4, 0.5) is 5.69 Å². The van der Waals surface area contributed by atoms with Gasteiger partial charge in [-0.3, -0.25) is 0 Å². The van der Waals surface area contributed by atoms with Crippen LogP contribution in [0.5, 0.6) is 5.75 Å². The lowest BCUT2D eigenvalue weighted by atomic mass is 10.2. The maximum absolute atomic E-state index is 5.41. The molecule has 90 valence electrons. The Bertz CT molecular complexity index is 299. The highest BCUT2D eigenvalue weighted by molar-refractivity contribution is 5.58. The summed E-state index contributed by atoms with van der Waals surface area (Å²) in [4.78, 5) is 2.42. The van der Waals surface area contributed by atoms with Crippen LogP contribution in [0, 0.1) is 0 Å². The van der Waals surface area contributed by atoms with Crippen LogP contribution in [0.15, 0.2) is 24.3 Å². The van der Waals surface area contributed by atoms with Gasteiger partial charge in [0.25, 0.3) is 0 Å². The average molecular weight is 221 g/mol.